The van der Waals surface area contributed by atoms with Crippen LogP contribution in [0.1, 0.15) is 66.5 Å². The van der Waals surface area contributed by atoms with Crippen molar-refractivity contribution < 1.29 is 28.3 Å². The Kier molecular flexibility index (Phi) is 8.26. The fourth-order valence-electron chi connectivity index (χ4n) is 4.84. The topological polar surface area (TPSA) is 86.7 Å². The standard InChI is InChI=1S/C29H30F2N2O4S/c1-16(2)33(28(35)19-9-7-17(3)8-10-19)23-15-24(38-26(23)29(36)37)18-11-13-20(14-12-18)32-27(34)25-21(30)5-4-6-22(25)31/h4-6,11-17,19H,7-10H2,1-3H3,(H,32,34)(H,36,37). The number of nitrogens with zero attached hydrogens (tertiary/aromatic N) is 1. The zero-order valence-corrected chi connectivity index (χ0v) is 22.3. The van der Waals surface area contributed by atoms with Gasteiger partial charge >= 0.3 is 5.97 Å². The maximum absolute atomic E-state index is 13.9. The maximum atomic E-state index is 13.9. The van der Waals surface area contributed by atoms with Crippen LogP contribution in [0.15, 0.2) is 48.5 Å². The lowest BCUT2D eigenvalue weighted by atomic mass is 9.82. The number of halogens is 2. The minimum Gasteiger partial charge on any atom is -0.477 e. The first kappa shape index (κ1) is 27.4. The summed E-state index contributed by atoms with van der Waals surface area (Å²) < 4.78 is 27.9. The molecule has 0 radical (unpaired) electrons. The Morgan fingerprint density at radius 1 is 1.00 bits per heavy atom. The van der Waals surface area contributed by atoms with Gasteiger partial charge in [-0.25, -0.2) is 13.6 Å². The molecule has 1 aliphatic carbocycles. The summed E-state index contributed by atoms with van der Waals surface area (Å²) in [6.45, 7) is 5.94. The monoisotopic (exact) mass is 540 g/mol. The number of amides is 2. The minimum absolute atomic E-state index is 0.0443. The van der Waals surface area contributed by atoms with Crippen LogP contribution in [0.5, 0.6) is 0 Å². The quantitative estimate of drug-likeness (QED) is 0.332. The molecule has 1 heterocycles. The van der Waals surface area contributed by atoms with Crippen LogP contribution in [-0.4, -0.2) is 28.9 Å². The largest absolute Gasteiger partial charge is 0.477 e. The number of carboxylic acids is 1. The van der Waals surface area contributed by atoms with Crippen LogP contribution in [0.3, 0.4) is 0 Å². The molecule has 9 heteroatoms. The smallest absolute Gasteiger partial charge is 0.348 e. The lowest BCUT2D eigenvalue weighted by molar-refractivity contribution is -0.123. The summed E-state index contributed by atoms with van der Waals surface area (Å²) in [5.41, 5.74) is 0.712. The van der Waals surface area contributed by atoms with Gasteiger partial charge in [-0.2, -0.15) is 0 Å². The molecule has 1 aliphatic rings. The van der Waals surface area contributed by atoms with Crippen LogP contribution >= 0.6 is 11.3 Å². The van der Waals surface area contributed by atoms with Crippen LogP contribution in [0.25, 0.3) is 10.4 Å². The molecule has 4 rings (SSSR count). The molecule has 2 amide bonds. The predicted molar refractivity (Wildman–Crippen MR) is 145 cm³/mol. The molecule has 2 aromatic carbocycles. The van der Waals surface area contributed by atoms with E-state index in [-0.39, 0.29) is 22.7 Å². The summed E-state index contributed by atoms with van der Waals surface area (Å²) in [6.07, 6.45) is 3.56. The number of carboxylic acid groups (broad SMARTS) is 1. The molecule has 0 saturated heterocycles. The van der Waals surface area contributed by atoms with Crippen molar-refractivity contribution in [2.24, 2.45) is 11.8 Å². The molecule has 0 spiro atoms. The lowest BCUT2D eigenvalue weighted by Crippen LogP contribution is -2.42. The molecule has 0 bridgehead atoms. The van der Waals surface area contributed by atoms with Crippen LogP contribution in [-0.2, 0) is 4.79 Å². The van der Waals surface area contributed by atoms with Crippen molar-refractivity contribution in [2.45, 2.75) is 52.5 Å². The molecular weight excluding hydrogens is 510 g/mol. The van der Waals surface area contributed by atoms with Crippen molar-refractivity contribution in [1.29, 1.82) is 0 Å². The fourth-order valence-corrected chi connectivity index (χ4v) is 5.83. The van der Waals surface area contributed by atoms with Crippen LogP contribution < -0.4 is 10.2 Å². The Hall–Kier alpha value is -3.59. The molecule has 3 aromatic rings. The summed E-state index contributed by atoms with van der Waals surface area (Å²) in [5.74, 6) is -3.52. The number of nitrogens with one attached hydrogen (secondary N) is 1. The number of carbonyl (C=O) groups is 3. The molecule has 6 nitrogen and oxygen atoms in total. The Morgan fingerprint density at radius 3 is 2.16 bits per heavy atom. The van der Waals surface area contributed by atoms with Crippen LogP contribution in [0.2, 0.25) is 0 Å². The second-order valence-corrected chi connectivity index (χ2v) is 11.1. The van der Waals surface area contributed by atoms with Gasteiger partial charge in [0.1, 0.15) is 22.1 Å². The summed E-state index contributed by atoms with van der Waals surface area (Å²) in [4.78, 5) is 40.4. The SMILES string of the molecule is CC1CCC(C(=O)N(c2cc(-c3ccc(NC(=O)c4c(F)cccc4F)cc3)sc2C(=O)O)C(C)C)CC1. The normalized spacial score (nSPS) is 17.3. The highest BCUT2D eigenvalue weighted by Gasteiger charge is 2.33. The molecule has 200 valence electrons. The van der Waals surface area contributed by atoms with Crippen molar-refractivity contribution in [2.75, 3.05) is 10.2 Å². The highest BCUT2D eigenvalue weighted by Crippen LogP contribution is 2.40. The predicted octanol–water partition coefficient (Wildman–Crippen LogP) is 7.21. The van der Waals surface area contributed by atoms with Crippen molar-refractivity contribution in [3.8, 4) is 10.4 Å². The van der Waals surface area contributed by atoms with Crippen molar-refractivity contribution in [3.63, 3.8) is 0 Å². The molecule has 1 fully saturated rings. The number of hydrogen-bond donors (Lipinski definition) is 2. The zero-order valence-electron chi connectivity index (χ0n) is 21.5. The summed E-state index contributed by atoms with van der Waals surface area (Å²) >= 11 is 1.07. The van der Waals surface area contributed by atoms with E-state index in [1.54, 1.807) is 35.2 Å². The number of thiophene rings is 1. The van der Waals surface area contributed by atoms with E-state index >= 15 is 0 Å². The Balaban J connectivity index is 1.59. The third-order valence-corrected chi connectivity index (χ3v) is 8.06. The van der Waals surface area contributed by atoms with E-state index in [0.717, 1.165) is 49.2 Å². The number of carbonyl (C=O) groups excluding carboxylic acids is 2. The minimum atomic E-state index is -1.11. The fraction of sp³-hybridized carbons (Fsp3) is 0.345. The zero-order chi connectivity index (χ0) is 27.6. The molecular formula is C29H30F2N2O4S. The summed E-state index contributed by atoms with van der Waals surface area (Å²) in [5, 5.41) is 12.4. The molecule has 1 saturated carbocycles. The second kappa shape index (κ2) is 11.4. The van der Waals surface area contributed by atoms with Gasteiger partial charge in [0.05, 0.1) is 5.69 Å². The van der Waals surface area contributed by atoms with Gasteiger partial charge in [0.2, 0.25) is 5.91 Å². The van der Waals surface area contributed by atoms with Gasteiger partial charge < -0.3 is 15.3 Å². The van der Waals surface area contributed by atoms with E-state index in [4.69, 9.17) is 0 Å². The third-order valence-electron chi connectivity index (χ3n) is 6.90. The molecule has 0 unspecified atom stereocenters. The number of rotatable bonds is 7. The lowest BCUT2D eigenvalue weighted by Gasteiger charge is -2.33. The van der Waals surface area contributed by atoms with E-state index in [1.807, 2.05) is 13.8 Å². The van der Waals surface area contributed by atoms with E-state index in [1.165, 1.54) is 6.07 Å². The third kappa shape index (κ3) is 5.78. The molecule has 38 heavy (non-hydrogen) atoms. The summed E-state index contributed by atoms with van der Waals surface area (Å²) in [6, 6.07) is 11.2. The van der Waals surface area contributed by atoms with E-state index < -0.39 is 29.1 Å². The number of hydrogen-bond acceptors (Lipinski definition) is 4. The molecule has 0 atom stereocenters. The average molecular weight is 541 g/mol. The number of anilines is 2. The second-order valence-electron chi connectivity index (χ2n) is 10.0. The van der Waals surface area contributed by atoms with Gasteiger partial charge in [0.25, 0.3) is 5.91 Å². The maximum Gasteiger partial charge on any atom is 0.348 e. The first-order chi connectivity index (χ1) is 18.1. The van der Waals surface area contributed by atoms with E-state index in [0.29, 0.717) is 27.7 Å². The Labute approximate surface area is 224 Å². The van der Waals surface area contributed by atoms with Gasteiger partial charge in [-0.3, -0.25) is 9.59 Å². The first-order valence-electron chi connectivity index (χ1n) is 12.6. The van der Waals surface area contributed by atoms with Crippen molar-refractivity contribution in [3.05, 3.63) is 70.6 Å². The van der Waals surface area contributed by atoms with Gasteiger partial charge in [-0.15, -0.1) is 11.3 Å². The highest BCUT2D eigenvalue weighted by atomic mass is 32.1. The van der Waals surface area contributed by atoms with Crippen molar-refractivity contribution in [1.82, 2.24) is 0 Å². The Morgan fingerprint density at radius 2 is 1.61 bits per heavy atom. The van der Waals surface area contributed by atoms with Crippen LogP contribution in [0.4, 0.5) is 20.2 Å². The molecule has 0 aliphatic heterocycles. The summed E-state index contributed by atoms with van der Waals surface area (Å²) in [7, 11) is 0. The first-order valence-corrected chi connectivity index (χ1v) is 13.4. The molecule has 1 aromatic heterocycles. The average Bonchev–Trinajstić information content (AvgIpc) is 3.30. The Bertz CT molecular complexity index is 1320. The van der Waals surface area contributed by atoms with E-state index in [2.05, 4.69) is 12.2 Å². The number of aromatic carboxylic acids is 1. The van der Waals surface area contributed by atoms with Gasteiger partial charge in [0, 0.05) is 22.5 Å². The van der Waals surface area contributed by atoms with Gasteiger partial charge in [-0.05, 0) is 81.3 Å². The molecule has 2 N–H and O–H groups in total. The van der Waals surface area contributed by atoms with Crippen molar-refractivity contribution >= 4 is 40.5 Å². The van der Waals surface area contributed by atoms with Crippen LogP contribution in [0, 0.1) is 23.5 Å². The van der Waals surface area contributed by atoms with Gasteiger partial charge in [0.15, 0.2) is 0 Å². The van der Waals surface area contributed by atoms with E-state index in [9.17, 15) is 28.3 Å². The van der Waals surface area contributed by atoms with Gasteiger partial charge in [-0.1, -0.05) is 25.1 Å². The number of benzene rings is 2. The highest BCUT2D eigenvalue weighted by molar-refractivity contribution is 7.18.